The highest BCUT2D eigenvalue weighted by molar-refractivity contribution is 5.52. The molecule has 4 rings (SSSR count). The van der Waals surface area contributed by atoms with Crippen LogP contribution in [0.3, 0.4) is 0 Å². The van der Waals surface area contributed by atoms with Crippen LogP contribution in [0.2, 0.25) is 0 Å². The fraction of sp³-hybridized carbons (Fsp3) is 0.474. The molecule has 8 nitrogen and oxygen atoms in total. The Morgan fingerprint density at radius 1 is 1.26 bits per heavy atom. The Kier molecular flexibility index (Phi) is 5.15. The number of hydrogen-bond donors (Lipinski definition) is 1. The fourth-order valence-electron chi connectivity index (χ4n) is 3.57. The molecule has 1 aliphatic rings. The van der Waals surface area contributed by atoms with Crippen LogP contribution in [-0.2, 0) is 19.5 Å². The minimum absolute atomic E-state index is 0.0998. The average Bonchev–Trinajstić information content (AvgIpc) is 3.28. The van der Waals surface area contributed by atoms with Crippen LogP contribution >= 0.6 is 0 Å². The monoisotopic (exact) mass is 368 g/mol. The molecule has 1 aliphatic heterocycles. The molecule has 1 saturated heterocycles. The summed E-state index contributed by atoms with van der Waals surface area (Å²) >= 11 is 0. The lowest BCUT2D eigenvalue weighted by molar-refractivity contribution is 0.360. The van der Waals surface area contributed by atoms with E-state index in [2.05, 4.69) is 20.6 Å². The molecule has 1 N–H and O–H groups in total. The molecule has 1 fully saturated rings. The zero-order chi connectivity index (χ0) is 18.6. The third kappa shape index (κ3) is 3.85. The van der Waals surface area contributed by atoms with Crippen LogP contribution in [0.4, 0.5) is 0 Å². The minimum atomic E-state index is -0.0998. The summed E-state index contributed by atoms with van der Waals surface area (Å²) in [7, 11) is 0. The quantitative estimate of drug-likeness (QED) is 0.712. The zero-order valence-corrected chi connectivity index (χ0v) is 15.5. The number of hydrogen-bond acceptors (Lipinski definition) is 6. The highest BCUT2D eigenvalue weighted by atomic mass is 16.5. The smallest absolute Gasteiger partial charge is 0.346 e. The summed E-state index contributed by atoms with van der Waals surface area (Å²) in [6, 6.07) is 7.44. The van der Waals surface area contributed by atoms with Gasteiger partial charge in [0.05, 0.1) is 5.69 Å². The minimum Gasteiger partial charge on any atom is -0.359 e. The summed E-state index contributed by atoms with van der Waals surface area (Å²) in [6.45, 7) is 4.94. The lowest BCUT2D eigenvalue weighted by Crippen LogP contribution is -2.30. The molecular weight excluding hydrogens is 344 g/mol. The van der Waals surface area contributed by atoms with Gasteiger partial charge in [-0.05, 0) is 50.9 Å². The Bertz CT molecular complexity index is 937. The van der Waals surface area contributed by atoms with Gasteiger partial charge >= 0.3 is 5.69 Å². The molecule has 0 amide bonds. The molecule has 0 aliphatic carbocycles. The van der Waals surface area contributed by atoms with Gasteiger partial charge in [0, 0.05) is 25.2 Å². The van der Waals surface area contributed by atoms with E-state index in [0.29, 0.717) is 23.9 Å². The van der Waals surface area contributed by atoms with Crippen molar-refractivity contribution in [1.29, 1.82) is 0 Å². The first-order chi connectivity index (χ1) is 13.2. The molecule has 0 saturated carbocycles. The lowest BCUT2D eigenvalue weighted by Gasteiger charge is -2.21. The van der Waals surface area contributed by atoms with E-state index < -0.39 is 0 Å². The SMILES string of the molecule is CCn1c(CC2CCNCC2)nn(Cc2cc(-c3ccccn3)no2)c1=O. The maximum atomic E-state index is 12.7. The number of rotatable bonds is 6. The van der Waals surface area contributed by atoms with Gasteiger partial charge < -0.3 is 9.84 Å². The Morgan fingerprint density at radius 3 is 2.85 bits per heavy atom. The molecule has 0 spiro atoms. The topological polar surface area (TPSA) is 90.8 Å². The Hall–Kier alpha value is -2.74. The number of pyridine rings is 1. The summed E-state index contributed by atoms with van der Waals surface area (Å²) < 4.78 is 8.64. The molecule has 3 aromatic rings. The predicted octanol–water partition coefficient (Wildman–Crippen LogP) is 1.71. The molecule has 0 unspecified atom stereocenters. The Labute approximate surface area is 157 Å². The van der Waals surface area contributed by atoms with Gasteiger partial charge in [-0.15, -0.1) is 0 Å². The molecule has 0 atom stereocenters. The molecule has 4 heterocycles. The number of nitrogens with one attached hydrogen (secondary N) is 1. The highest BCUT2D eigenvalue weighted by Gasteiger charge is 2.20. The molecule has 8 heteroatoms. The number of piperidine rings is 1. The Morgan fingerprint density at radius 2 is 2.11 bits per heavy atom. The maximum absolute atomic E-state index is 12.7. The van der Waals surface area contributed by atoms with Gasteiger partial charge in [0.2, 0.25) is 0 Å². The van der Waals surface area contributed by atoms with Crippen molar-refractivity contribution in [1.82, 2.24) is 29.8 Å². The van der Waals surface area contributed by atoms with Gasteiger partial charge in [0.15, 0.2) is 5.76 Å². The zero-order valence-electron chi connectivity index (χ0n) is 15.5. The van der Waals surface area contributed by atoms with Gasteiger partial charge in [-0.1, -0.05) is 11.2 Å². The van der Waals surface area contributed by atoms with Crippen molar-refractivity contribution in [3.8, 4) is 11.4 Å². The first-order valence-electron chi connectivity index (χ1n) is 9.49. The van der Waals surface area contributed by atoms with Crippen LogP contribution < -0.4 is 11.0 Å². The Balaban J connectivity index is 1.54. The van der Waals surface area contributed by atoms with E-state index >= 15 is 0 Å². The van der Waals surface area contributed by atoms with Gasteiger partial charge in [-0.25, -0.2) is 9.48 Å². The van der Waals surface area contributed by atoms with Crippen molar-refractivity contribution >= 4 is 0 Å². The average molecular weight is 368 g/mol. The molecule has 0 radical (unpaired) electrons. The van der Waals surface area contributed by atoms with Crippen molar-refractivity contribution in [3.05, 3.63) is 52.5 Å². The van der Waals surface area contributed by atoms with Crippen molar-refractivity contribution in [3.63, 3.8) is 0 Å². The van der Waals surface area contributed by atoms with E-state index in [4.69, 9.17) is 4.52 Å². The lowest BCUT2D eigenvalue weighted by atomic mass is 9.94. The molecule has 27 heavy (non-hydrogen) atoms. The van der Waals surface area contributed by atoms with Crippen LogP contribution in [0.15, 0.2) is 39.8 Å². The fourth-order valence-corrected chi connectivity index (χ4v) is 3.57. The molecular formula is C19H24N6O2. The highest BCUT2D eigenvalue weighted by Crippen LogP contribution is 2.18. The van der Waals surface area contributed by atoms with E-state index in [-0.39, 0.29) is 12.2 Å². The van der Waals surface area contributed by atoms with Gasteiger partial charge in [-0.2, -0.15) is 5.10 Å². The van der Waals surface area contributed by atoms with Crippen LogP contribution in [0.25, 0.3) is 11.4 Å². The summed E-state index contributed by atoms with van der Waals surface area (Å²) in [4.78, 5) is 17.0. The second-order valence-electron chi connectivity index (χ2n) is 6.89. The van der Waals surface area contributed by atoms with Crippen LogP contribution in [0, 0.1) is 5.92 Å². The van der Waals surface area contributed by atoms with Gasteiger partial charge in [0.25, 0.3) is 0 Å². The van der Waals surface area contributed by atoms with Gasteiger partial charge in [0.1, 0.15) is 18.1 Å². The normalized spacial score (nSPS) is 15.3. The summed E-state index contributed by atoms with van der Waals surface area (Å²) in [5.41, 5.74) is 1.30. The second-order valence-corrected chi connectivity index (χ2v) is 6.89. The standard InChI is InChI=1S/C19H24N6O2/c1-2-24-18(11-14-6-9-20-10-7-14)22-25(19(24)26)13-15-12-17(23-27-15)16-5-3-4-8-21-16/h3-5,8,12,14,20H,2,6-7,9-11,13H2,1H3. The van der Waals surface area contributed by atoms with Crippen molar-refractivity contribution in [2.75, 3.05) is 13.1 Å². The summed E-state index contributed by atoms with van der Waals surface area (Å²) in [5.74, 6) is 2.03. The summed E-state index contributed by atoms with van der Waals surface area (Å²) in [5, 5.41) is 12.0. The van der Waals surface area contributed by atoms with Crippen LogP contribution in [0.1, 0.15) is 31.4 Å². The van der Waals surface area contributed by atoms with E-state index in [9.17, 15) is 4.79 Å². The largest absolute Gasteiger partial charge is 0.359 e. The van der Waals surface area contributed by atoms with Crippen molar-refractivity contribution in [2.24, 2.45) is 5.92 Å². The van der Waals surface area contributed by atoms with Crippen LogP contribution in [-0.4, -0.2) is 37.6 Å². The molecule has 3 aromatic heterocycles. The first kappa shape index (κ1) is 17.7. The number of aromatic nitrogens is 5. The number of nitrogens with zero attached hydrogens (tertiary/aromatic N) is 5. The van der Waals surface area contributed by atoms with E-state index in [1.165, 1.54) is 4.68 Å². The third-order valence-corrected chi connectivity index (χ3v) is 5.04. The van der Waals surface area contributed by atoms with Crippen LogP contribution in [0.5, 0.6) is 0 Å². The van der Waals surface area contributed by atoms with Crippen molar-refractivity contribution in [2.45, 2.75) is 39.3 Å². The molecule has 0 bridgehead atoms. The third-order valence-electron chi connectivity index (χ3n) is 5.04. The molecule has 0 aromatic carbocycles. The predicted molar refractivity (Wildman–Crippen MR) is 100 cm³/mol. The van der Waals surface area contributed by atoms with Crippen molar-refractivity contribution < 1.29 is 4.52 Å². The van der Waals surface area contributed by atoms with E-state index in [1.807, 2.05) is 31.2 Å². The van der Waals surface area contributed by atoms with E-state index in [0.717, 1.165) is 43.9 Å². The van der Waals surface area contributed by atoms with E-state index in [1.54, 1.807) is 10.8 Å². The molecule has 142 valence electrons. The first-order valence-corrected chi connectivity index (χ1v) is 9.49. The summed E-state index contributed by atoms with van der Waals surface area (Å²) in [6.07, 6.45) is 4.80. The van der Waals surface area contributed by atoms with Gasteiger partial charge in [-0.3, -0.25) is 9.55 Å². The second kappa shape index (κ2) is 7.87. The maximum Gasteiger partial charge on any atom is 0.346 e.